The standard InChI is InChI=1S/C15H20FN3/c16-15-8-13(9-18)3-4-14(15)11-19-7-1-2-12(10-19)5-6-17/h3-4,8,12H,1-2,5-7,10-11,17H2. The molecule has 0 aromatic heterocycles. The van der Waals surface area contributed by atoms with Gasteiger partial charge in [0, 0.05) is 18.7 Å². The van der Waals surface area contributed by atoms with Crippen molar-refractivity contribution in [3.8, 4) is 6.07 Å². The van der Waals surface area contributed by atoms with Gasteiger partial charge in [0.05, 0.1) is 11.6 Å². The number of rotatable bonds is 4. The number of hydrogen-bond acceptors (Lipinski definition) is 3. The highest BCUT2D eigenvalue weighted by Crippen LogP contribution is 2.21. The van der Waals surface area contributed by atoms with Gasteiger partial charge in [0.1, 0.15) is 5.82 Å². The molecule has 1 fully saturated rings. The second-order valence-electron chi connectivity index (χ2n) is 5.24. The Morgan fingerprint density at radius 2 is 2.32 bits per heavy atom. The lowest BCUT2D eigenvalue weighted by atomic mass is 9.94. The quantitative estimate of drug-likeness (QED) is 0.904. The summed E-state index contributed by atoms with van der Waals surface area (Å²) in [6.07, 6.45) is 3.43. The molecule has 1 unspecified atom stereocenters. The first-order valence-electron chi connectivity index (χ1n) is 6.84. The number of nitrogens with zero attached hydrogens (tertiary/aromatic N) is 2. The van der Waals surface area contributed by atoms with Gasteiger partial charge < -0.3 is 5.73 Å². The molecule has 0 amide bonds. The van der Waals surface area contributed by atoms with Gasteiger partial charge in [0.2, 0.25) is 0 Å². The van der Waals surface area contributed by atoms with Crippen molar-refractivity contribution < 1.29 is 4.39 Å². The first-order valence-corrected chi connectivity index (χ1v) is 6.84. The largest absolute Gasteiger partial charge is 0.330 e. The molecule has 0 saturated carbocycles. The number of nitrogens with two attached hydrogens (primary N) is 1. The number of hydrogen-bond donors (Lipinski definition) is 1. The highest BCUT2D eigenvalue weighted by atomic mass is 19.1. The molecular formula is C15H20FN3. The molecule has 4 heteroatoms. The molecule has 1 saturated heterocycles. The maximum Gasteiger partial charge on any atom is 0.129 e. The Bertz CT molecular complexity index is 465. The van der Waals surface area contributed by atoms with E-state index >= 15 is 0 Å². The first-order chi connectivity index (χ1) is 9.22. The van der Waals surface area contributed by atoms with Crippen molar-refractivity contribution in [3.05, 3.63) is 35.1 Å². The van der Waals surface area contributed by atoms with E-state index in [1.54, 1.807) is 12.1 Å². The molecule has 1 aromatic rings. The molecule has 1 aliphatic rings. The van der Waals surface area contributed by atoms with Crippen LogP contribution in [-0.2, 0) is 6.54 Å². The fourth-order valence-electron chi connectivity index (χ4n) is 2.75. The number of likely N-dealkylation sites (tertiary alicyclic amines) is 1. The predicted molar refractivity (Wildman–Crippen MR) is 72.8 cm³/mol. The summed E-state index contributed by atoms with van der Waals surface area (Å²) in [6, 6.07) is 6.67. The van der Waals surface area contributed by atoms with Crippen LogP contribution in [-0.4, -0.2) is 24.5 Å². The summed E-state index contributed by atoms with van der Waals surface area (Å²) in [4.78, 5) is 2.29. The molecule has 19 heavy (non-hydrogen) atoms. The van der Waals surface area contributed by atoms with E-state index in [1.165, 1.54) is 12.5 Å². The van der Waals surface area contributed by atoms with Gasteiger partial charge in [0.25, 0.3) is 0 Å². The van der Waals surface area contributed by atoms with Gasteiger partial charge in [-0.25, -0.2) is 4.39 Å². The molecule has 0 spiro atoms. The van der Waals surface area contributed by atoms with Gasteiger partial charge in [-0.2, -0.15) is 5.26 Å². The summed E-state index contributed by atoms with van der Waals surface area (Å²) in [5.74, 6) is 0.361. The zero-order chi connectivity index (χ0) is 13.7. The summed E-state index contributed by atoms with van der Waals surface area (Å²) in [6.45, 7) is 3.36. The lowest BCUT2D eigenvalue weighted by Crippen LogP contribution is -2.35. The Hall–Kier alpha value is -1.44. The molecule has 3 nitrogen and oxygen atoms in total. The first kappa shape index (κ1) is 14.0. The molecule has 1 heterocycles. The van der Waals surface area contributed by atoms with E-state index in [1.807, 2.05) is 6.07 Å². The Kier molecular flexibility index (Phi) is 4.89. The number of halogens is 1. The lowest BCUT2D eigenvalue weighted by molar-refractivity contribution is 0.161. The molecule has 1 atom stereocenters. The average molecular weight is 261 g/mol. The minimum Gasteiger partial charge on any atom is -0.330 e. The van der Waals surface area contributed by atoms with Gasteiger partial charge >= 0.3 is 0 Å². The van der Waals surface area contributed by atoms with Crippen molar-refractivity contribution >= 4 is 0 Å². The van der Waals surface area contributed by atoms with Crippen LogP contribution in [0.4, 0.5) is 4.39 Å². The molecule has 2 rings (SSSR count). The zero-order valence-corrected chi connectivity index (χ0v) is 11.1. The van der Waals surface area contributed by atoms with Gasteiger partial charge in [0.15, 0.2) is 0 Å². The van der Waals surface area contributed by atoms with Gasteiger partial charge in [-0.05, 0) is 50.4 Å². The van der Waals surface area contributed by atoms with E-state index in [2.05, 4.69) is 4.90 Å². The summed E-state index contributed by atoms with van der Waals surface area (Å²) >= 11 is 0. The third kappa shape index (κ3) is 3.76. The monoisotopic (exact) mass is 261 g/mol. The third-order valence-corrected chi connectivity index (χ3v) is 3.75. The molecule has 0 radical (unpaired) electrons. The second kappa shape index (κ2) is 6.65. The van der Waals surface area contributed by atoms with Gasteiger partial charge in [-0.3, -0.25) is 4.90 Å². The fourth-order valence-corrected chi connectivity index (χ4v) is 2.75. The topological polar surface area (TPSA) is 53.0 Å². The number of nitriles is 1. The van der Waals surface area contributed by atoms with Crippen molar-refractivity contribution in [2.45, 2.75) is 25.8 Å². The van der Waals surface area contributed by atoms with E-state index in [0.29, 0.717) is 23.6 Å². The van der Waals surface area contributed by atoms with E-state index in [-0.39, 0.29) is 5.82 Å². The summed E-state index contributed by atoms with van der Waals surface area (Å²) < 4.78 is 13.8. The van der Waals surface area contributed by atoms with Crippen LogP contribution in [0.5, 0.6) is 0 Å². The average Bonchev–Trinajstić information content (AvgIpc) is 2.42. The highest BCUT2D eigenvalue weighted by molar-refractivity contribution is 5.32. The summed E-state index contributed by atoms with van der Waals surface area (Å²) in [7, 11) is 0. The minimum absolute atomic E-state index is 0.278. The van der Waals surface area contributed by atoms with E-state index in [4.69, 9.17) is 11.0 Å². The van der Waals surface area contributed by atoms with E-state index < -0.39 is 0 Å². The van der Waals surface area contributed by atoms with Crippen LogP contribution in [0.2, 0.25) is 0 Å². The molecule has 1 aromatic carbocycles. The SMILES string of the molecule is N#Cc1ccc(CN2CCCC(CCN)C2)c(F)c1. The Morgan fingerprint density at radius 1 is 1.47 bits per heavy atom. The van der Waals surface area contributed by atoms with Crippen LogP contribution in [0.1, 0.15) is 30.4 Å². The Morgan fingerprint density at radius 3 is 3.00 bits per heavy atom. The normalized spacial score (nSPS) is 20.2. The predicted octanol–water partition coefficient (Wildman–Crippen LogP) is 2.26. The summed E-state index contributed by atoms with van der Waals surface area (Å²) in [5.41, 5.74) is 6.65. The molecule has 0 aliphatic carbocycles. The maximum absolute atomic E-state index is 13.8. The molecule has 102 valence electrons. The van der Waals surface area contributed by atoms with Crippen LogP contribution in [0.25, 0.3) is 0 Å². The molecule has 1 aliphatic heterocycles. The Balaban J connectivity index is 1.99. The maximum atomic E-state index is 13.8. The molecule has 2 N–H and O–H groups in total. The smallest absolute Gasteiger partial charge is 0.129 e. The van der Waals surface area contributed by atoms with Crippen molar-refractivity contribution in [2.75, 3.05) is 19.6 Å². The van der Waals surface area contributed by atoms with E-state index in [9.17, 15) is 4.39 Å². The van der Waals surface area contributed by atoms with Crippen LogP contribution < -0.4 is 5.73 Å². The van der Waals surface area contributed by atoms with Crippen molar-refractivity contribution in [1.82, 2.24) is 4.90 Å². The zero-order valence-electron chi connectivity index (χ0n) is 11.1. The second-order valence-corrected chi connectivity index (χ2v) is 5.24. The van der Waals surface area contributed by atoms with E-state index in [0.717, 1.165) is 32.5 Å². The van der Waals surface area contributed by atoms with Crippen LogP contribution >= 0.6 is 0 Å². The van der Waals surface area contributed by atoms with Crippen LogP contribution in [0.15, 0.2) is 18.2 Å². The van der Waals surface area contributed by atoms with Crippen molar-refractivity contribution in [2.24, 2.45) is 11.7 Å². The summed E-state index contributed by atoms with van der Waals surface area (Å²) in [5, 5.41) is 8.73. The van der Waals surface area contributed by atoms with Gasteiger partial charge in [-0.1, -0.05) is 6.07 Å². The lowest BCUT2D eigenvalue weighted by Gasteiger charge is -2.32. The number of benzene rings is 1. The van der Waals surface area contributed by atoms with Gasteiger partial charge in [-0.15, -0.1) is 0 Å². The minimum atomic E-state index is -0.278. The van der Waals surface area contributed by atoms with Crippen LogP contribution in [0.3, 0.4) is 0 Å². The number of piperidine rings is 1. The van der Waals surface area contributed by atoms with Crippen LogP contribution in [0, 0.1) is 23.1 Å². The Labute approximate surface area is 113 Å². The molecule has 0 bridgehead atoms. The highest BCUT2D eigenvalue weighted by Gasteiger charge is 2.20. The molecular weight excluding hydrogens is 241 g/mol. The van der Waals surface area contributed by atoms with Crippen molar-refractivity contribution in [1.29, 1.82) is 5.26 Å². The third-order valence-electron chi connectivity index (χ3n) is 3.75. The van der Waals surface area contributed by atoms with Crippen molar-refractivity contribution in [3.63, 3.8) is 0 Å². The fraction of sp³-hybridized carbons (Fsp3) is 0.533.